The Morgan fingerprint density at radius 1 is 1.40 bits per heavy atom. The molecule has 15 heavy (non-hydrogen) atoms. The second-order valence-corrected chi connectivity index (χ2v) is 4.85. The Morgan fingerprint density at radius 2 is 2.00 bits per heavy atom. The Kier molecular flexibility index (Phi) is 5.40. The lowest BCUT2D eigenvalue weighted by Crippen LogP contribution is -2.01. The molecule has 0 unspecified atom stereocenters. The molecule has 0 atom stereocenters. The fourth-order valence-electron chi connectivity index (χ4n) is 1.91. The SMILES string of the molecule is CC(=O)O.c1csc(C2CCCCC2)c1. The van der Waals surface area contributed by atoms with Crippen molar-refractivity contribution in [3.05, 3.63) is 22.4 Å². The second-order valence-electron chi connectivity index (χ2n) is 3.87. The number of hydrogen-bond acceptors (Lipinski definition) is 2. The van der Waals surface area contributed by atoms with E-state index in [1.807, 2.05) is 11.3 Å². The zero-order chi connectivity index (χ0) is 11.1. The zero-order valence-electron chi connectivity index (χ0n) is 9.11. The molecular weight excluding hydrogens is 208 g/mol. The molecule has 1 aliphatic carbocycles. The van der Waals surface area contributed by atoms with Gasteiger partial charge in [-0.25, -0.2) is 0 Å². The maximum atomic E-state index is 9.00. The van der Waals surface area contributed by atoms with E-state index in [0.717, 1.165) is 12.8 Å². The maximum absolute atomic E-state index is 9.00. The number of hydrogen-bond donors (Lipinski definition) is 1. The highest BCUT2D eigenvalue weighted by atomic mass is 32.1. The molecule has 3 heteroatoms. The molecule has 0 amide bonds. The molecule has 84 valence electrons. The molecular formula is C12H18O2S. The Hall–Kier alpha value is -0.830. The standard InChI is InChI=1S/C10H14S.C2H4O2/c1-2-5-9(6-3-1)10-7-4-8-11-10;1-2(3)4/h4,7-9H,1-3,5-6H2;1H3,(H,3,4). The summed E-state index contributed by atoms with van der Waals surface area (Å²) >= 11 is 1.93. The molecule has 1 N–H and O–H groups in total. The summed E-state index contributed by atoms with van der Waals surface area (Å²) in [5.41, 5.74) is 0. The van der Waals surface area contributed by atoms with Crippen LogP contribution in [0, 0.1) is 0 Å². The molecule has 1 saturated carbocycles. The summed E-state index contributed by atoms with van der Waals surface area (Å²) in [6.45, 7) is 1.08. The van der Waals surface area contributed by atoms with E-state index in [1.54, 1.807) is 4.88 Å². The summed E-state index contributed by atoms with van der Waals surface area (Å²) in [6.07, 6.45) is 7.22. The van der Waals surface area contributed by atoms with Crippen molar-refractivity contribution in [1.82, 2.24) is 0 Å². The summed E-state index contributed by atoms with van der Waals surface area (Å²) in [4.78, 5) is 10.6. The van der Waals surface area contributed by atoms with Gasteiger partial charge in [0.05, 0.1) is 0 Å². The Balaban J connectivity index is 0.000000245. The first kappa shape index (κ1) is 12.2. The lowest BCUT2D eigenvalue weighted by molar-refractivity contribution is -0.134. The van der Waals surface area contributed by atoms with Crippen molar-refractivity contribution in [1.29, 1.82) is 0 Å². The van der Waals surface area contributed by atoms with Gasteiger partial charge in [0.1, 0.15) is 0 Å². The van der Waals surface area contributed by atoms with E-state index in [2.05, 4.69) is 17.5 Å². The van der Waals surface area contributed by atoms with Crippen LogP contribution in [-0.2, 0) is 4.79 Å². The maximum Gasteiger partial charge on any atom is 0.300 e. The molecule has 1 aromatic heterocycles. The predicted octanol–water partition coefficient (Wildman–Crippen LogP) is 3.89. The number of thiophene rings is 1. The fourth-order valence-corrected chi connectivity index (χ4v) is 2.81. The number of carbonyl (C=O) groups is 1. The van der Waals surface area contributed by atoms with Gasteiger partial charge >= 0.3 is 0 Å². The quantitative estimate of drug-likeness (QED) is 0.788. The third kappa shape index (κ3) is 4.98. The lowest BCUT2D eigenvalue weighted by Gasteiger charge is -2.19. The molecule has 1 aliphatic rings. The molecule has 0 bridgehead atoms. The molecule has 0 aromatic carbocycles. The molecule has 0 aliphatic heterocycles. The van der Waals surface area contributed by atoms with E-state index in [4.69, 9.17) is 9.90 Å². The van der Waals surface area contributed by atoms with Crippen LogP contribution < -0.4 is 0 Å². The van der Waals surface area contributed by atoms with Gasteiger partial charge in [0, 0.05) is 11.8 Å². The first-order valence-electron chi connectivity index (χ1n) is 5.43. The largest absolute Gasteiger partial charge is 0.481 e. The van der Waals surface area contributed by atoms with Gasteiger partial charge in [-0.2, -0.15) is 0 Å². The van der Waals surface area contributed by atoms with Gasteiger partial charge in [-0.15, -0.1) is 11.3 Å². The summed E-state index contributed by atoms with van der Waals surface area (Å²) < 4.78 is 0. The average Bonchev–Trinajstić information content (AvgIpc) is 2.71. The highest BCUT2D eigenvalue weighted by Crippen LogP contribution is 2.34. The average molecular weight is 226 g/mol. The van der Waals surface area contributed by atoms with Crippen LogP contribution in [0.3, 0.4) is 0 Å². The molecule has 2 nitrogen and oxygen atoms in total. The summed E-state index contributed by atoms with van der Waals surface area (Å²) in [5.74, 6) is 0.0729. The lowest BCUT2D eigenvalue weighted by atomic mass is 9.88. The minimum absolute atomic E-state index is 0.833. The fraction of sp³-hybridized carbons (Fsp3) is 0.583. The van der Waals surface area contributed by atoms with Gasteiger partial charge in [-0.05, 0) is 30.2 Å². The second kappa shape index (κ2) is 6.62. The topological polar surface area (TPSA) is 37.3 Å². The van der Waals surface area contributed by atoms with Crippen molar-refractivity contribution in [2.45, 2.75) is 44.9 Å². The normalized spacial score (nSPS) is 16.6. The molecule has 1 heterocycles. The van der Waals surface area contributed by atoms with Crippen LogP contribution in [0.4, 0.5) is 0 Å². The highest BCUT2D eigenvalue weighted by Gasteiger charge is 2.15. The third-order valence-corrected chi connectivity index (χ3v) is 3.59. The smallest absolute Gasteiger partial charge is 0.300 e. The number of carboxylic acids is 1. The minimum atomic E-state index is -0.833. The van der Waals surface area contributed by atoms with E-state index in [0.29, 0.717) is 0 Å². The van der Waals surface area contributed by atoms with Crippen molar-refractivity contribution in [2.75, 3.05) is 0 Å². The van der Waals surface area contributed by atoms with Crippen molar-refractivity contribution in [3.63, 3.8) is 0 Å². The van der Waals surface area contributed by atoms with E-state index in [9.17, 15) is 0 Å². The van der Waals surface area contributed by atoms with E-state index in [-0.39, 0.29) is 0 Å². The molecule has 0 radical (unpaired) electrons. The Bertz CT molecular complexity index is 270. The van der Waals surface area contributed by atoms with Gasteiger partial charge in [0.15, 0.2) is 0 Å². The van der Waals surface area contributed by atoms with Crippen molar-refractivity contribution in [2.24, 2.45) is 0 Å². The number of carboxylic acid groups (broad SMARTS) is 1. The van der Waals surface area contributed by atoms with Crippen molar-refractivity contribution >= 4 is 17.3 Å². The van der Waals surface area contributed by atoms with Crippen LogP contribution in [-0.4, -0.2) is 11.1 Å². The summed E-state index contributed by atoms with van der Waals surface area (Å²) in [6, 6.07) is 4.47. The Labute approximate surface area is 94.9 Å². The van der Waals surface area contributed by atoms with Gasteiger partial charge in [-0.1, -0.05) is 25.3 Å². The van der Waals surface area contributed by atoms with Crippen molar-refractivity contribution < 1.29 is 9.90 Å². The van der Waals surface area contributed by atoms with E-state index in [1.165, 1.54) is 32.1 Å². The van der Waals surface area contributed by atoms with Crippen LogP contribution in [0.2, 0.25) is 0 Å². The zero-order valence-corrected chi connectivity index (χ0v) is 9.93. The number of rotatable bonds is 1. The van der Waals surface area contributed by atoms with E-state index < -0.39 is 5.97 Å². The molecule has 2 rings (SSSR count). The monoisotopic (exact) mass is 226 g/mol. The van der Waals surface area contributed by atoms with Gasteiger partial charge in [0.25, 0.3) is 5.97 Å². The van der Waals surface area contributed by atoms with Crippen LogP contribution in [0.5, 0.6) is 0 Å². The predicted molar refractivity (Wildman–Crippen MR) is 63.5 cm³/mol. The Morgan fingerprint density at radius 3 is 2.47 bits per heavy atom. The summed E-state index contributed by atoms with van der Waals surface area (Å²) in [5, 5.41) is 9.62. The van der Waals surface area contributed by atoms with Crippen LogP contribution >= 0.6 is 11.3 Å². The van der Waals surface area contributed by atoms with Crippen molar-refractivity contribution in [3.8, 4) is 0 Å². The molecule has 1 aromatic rings. The van der Waals surface area contributed by atoms with Crippen LogP contribution in [0.25, 0.3) is 0 Å². The van der Waals surface area contributed by atoms with Crippen LogP contribution in [0.15, 0.2) is 17.5 Å². The molecule has 0 saturated heterocycles. The van der Waals surface area contributed by atoms with Gasteiger partial charge < -0.3 is 5.11 Å². The molecule has 1 fully saturated rings. The first-order chi connectivity index (χ1) is 7.20. The third-order valence-electron chi connectivity index (χ3n) is 2.55. The minimum Gasteiger partial charge on any atom is -0.481 e. The van der Waals surface area contributed by atoms with E-state index >= 15 is 0 Å². The van der Waals surface area contributed by atoms with Crippen LogP contribution in [0.1, 0.15) is 49.8 Å². The molecule has 0 spiro atoms. The first-order valence-corrected chi connectivity index (χ1v) is 6.31. The highest BCUT2D eigenvalue weighted by molar-refractivity contribution is 7.10. The number of aliphatic carboxylic acids is 1. The van der Waals surface area contributed by atoms with Gasteiger partial charge in [0.2, 0.25) is 0 Å². The summed E-state index contributed by atoms with van der Waals surface area (Å²) in [7, 11) is 0. The van der Waals surface area contributed by atoms with Gasteiger partial charge in [-0.3, -0.25) is 4.79 Å².